The highest BCUT2D eigenvalue weighted by atomic mass is 32.2. The van der Waals surface area contributed by atoms with Gasteiger partial charge in [0.15, 0.2) is 15.0 Å². The minimum Gasteiger partial charge on any atom is -0.379 e. The largest absolute Gasteiger partial charge is 0.379 e. The highest BCUT2D eigenvalue weighted by Gasteiger charge is 2.27. The molecule has 0 atom stereocenters. The number of morpholine rings is 1. The Morgan fingerprint density at radius 2 is 1.94 bits per heavy atom. The van der Waals surface area contributed by atoms with Gasteiger partial charge in [-0.15, -0.1) is 0 Å². The number of carbonyl (C=O) groups excluding carboxylic acids is 1. The predicted octanol–water partition coefficient (Wildman–Crippen LogP) is 3.60. The van der Waals surface area contributed by atoms with Crippen molar-refractivity contribution in [3.63, 3.8) is 0 Å². The summed E-state index contributed by atoms with van der Waals surface area (Å²) in [6.45, 7) is 5.67. The molecule has 2 aromatic carbocycles. The number of anilines is 1. The SMILES string of the molecule is CCS(=O)(=O)c1ccccc1C(=O)N(CCCN1CCOCC1)c1nc2c(F)cccc2s1. The zero-order valence-corrected chi connectivity index (χ0v) is 20.0. The molecule has 0 radical (unpaired) electrons. The van der Waals surface area contributed by atoms with Crippen LogP contribution >= 0.6 is 11.3 Å². The summed E-state index contributed by atoms with van der Waals surface area (Å²) in [5.41, 5.74) is 0.309. The second-order valence-electron chi connectivity index (χ2n) is 7.75. The third-order valence-electron chi connectivity index (χ3n) is 5.63. The monoisotopic (exact) mass is 491 g/mol. The van der Waals surface area contributed by atoms with E-state index >= 15 is 0 Å². The Morgan fingerprint density at radius 3 is 2.67 bits per heavy atom. The minimum absolute atomic E-state index is 0.00275. The first-order chi connectivity index (χ1) is 15.9. The second-order valence-corrected chi connectivity index (χ2v) is 11.0. The van der Waals surface area contributed by atoms with Crippen molar-refractivity contribution in [1.29, 1.82) is 0 Å². The van der Waals surface area contributed by atoms with Gasteiger partial charge in [-0.25, -0.2) is 17.8 Å². The van der Waals surface area contributed by atoms with Crippen LogP contribution in [0.4, 0.5) is 9.52 Å². The van der Waals surface area contributed by atoms with Crippen molar-refractivity contribution in [2.45, 2.75) is 18.2 Å². The van der Waals surface area contributed by atoms with Crippen molar-refractivity contribution in [2.75, 3.05) is 50.0 Å². The van der Waals surface area contributed by atoms with Gasteiger partial charge in [0, 0.05) is 26.2 Å². The average molecular weight is 492 g/mol. The molecule has 33 heavy (non-hydrogen) atoms. The van der Waals surface area contributed by atoms with Gasteiger partial charge in [0.2, 0.25) is 0 Å². The van der Waals surface area contributed by atoms with E-state index < -0.39 is 21.6 Å². The van der Waals surface area contributed by atoms with Crippen molar-refractivity contribution >= 4 is 42.4 Å². The number of carbonyl (C=O) groups is 1. The normalized spacial score (nSPS) is 15.1. The number of amides is 1. The molecule has 0 N–H and O–H groups in total. The van der Waals surface area contributed by atoms with Crippen LogP contribution in [0.3, 0.4) is 0 Å². The molecule has 0 saturated carbocycles. The second kappa shape index (κ2) is 10.3. The molecule has 1 saturated heterocycles. The van der Waals surface area contributed by atoms with Crippen LogP contribution in [0.1, 0.15) is 23.7 Å². The van der Waals surface area contributed by atoms with E-state index in [0.29, 0.717) is 36.0 Å². The number of thiazole rings is 1. The number of fused-ring (bicyclic) bond motifs is 1. The van der Waals surface area contributed by atoms with Crippen molar-refractivity contribution in [1.82, 2.24) is 9.88 Å². The van der Waals surface area contributed by atoms with Crippen LogP contribution in [0.5, 0.6) is 0 Å². The average Bonchev–Trinajstić information content (AvgIpc) is 3.27. The van der Waals surface area contributed by atoms with Crippen LogP contribution in [0.25, 0.3) is 10.2 Å². The Balaban J connectivity index is 1.67. The molecule has 10 heteroatoms. The maximum Gasteiger partial charge on any atom is 0.261 e. The van der Waals surface area contributed by atoms with Gasteiger partial charge in [-0.2, -0.15) is 0 Å². The summed E-state index contributed by atoms with van der Waals surface area (Å²) in [7, 11) is -3.61. The molecule has 4 rings (SSSR count). The van der Waals surface area contributed by atoms with Gasteiger partial charge in [-0.05, 0) is 30.7 Å². The third kappa shape index (κ3) is 5.24. The highest BCUT2D eigenvalue weighted by Crippen LogP contribution is 2.32. The maximum atomic E-state index is 14.3. The van der Waals surface area contributed by atoms with E-state index in [1.165, 1.54) is 34.4 Å². The summed E-state index contributed by atoms with van der Waals surface area (Å²) in [6, 6.07) is 10.9. The fourth-order valence-electron chi connectivity index (χ4n) is 3.80. The van der Waals surface area contributed by atoms with E-state index in [4.69, 9.17) is 4.74 Å². The van der Waals surface area contributed by atoms with E-state index in [0.717, 1.165) is 19.6 Å². The summed E-state index contributed by atoms with van der Waals surface area (Å²) in [5, 5.41) is 0.353. The number of rotatable bonds is 8. The fraction of sp³-hybridized carbons (Fsp3) is 0.391. The molecule has 1 fully saturated rings. The molecule has 3 aromatic rings. The molecule has 0 aliphatic carbocycles. The van der Waals surface area contributed by atoms with E-state index in [1.54, 1.807) is 31.2 Å². The Morgan fingerprint density at radius 1 is 1.18 bits per heavy atom. The van der Waals surface area contributed by atoms with Gasteiger partial charge in [0.05, 0.1) is 34.1 Å². The van der Waals surface area contributed by atoms with Crippen LogP contribution in [0.15, 0.2) is 47.4 Å². The van der Waals surface area contributed by atoms with Gasteiger partial charge >= 0.3 is 0 Å². The molecule has 1 aromatic heterocycles. The summed E-state index contributed by atoms with van der Waals surface area (Å²) < 4.78 is 45.6. The van der Waals surface area contributed by atoms with E-state index in [2.05, 4.69) is 9.88 Å². The van der Waals surface area contributed by atoms with Crippen molar-refractivity contribution in [3.8, 4) is 0 Å². The van der Waals surface area contributed by atoms with Gasteiger partial charge < -0.3 is 4.74 Å². The molecular formula is C23H26FN3O4S2. The first-order valence-corrected chi connectivity index (χ1v) is 13.4. The number of nitrogens with zero attached hydrogens (tertiary/aromatic N) is 3. The lowest BCUT2D eigenvalue weighted by Gasteiger charge is -2.28. The van der Waals surface area contributed by atoms with Crippen molar-refractivity contribution in [3.05, 3.63) is 53.8 Å². The Hall–Kier alpha value is -2.40. The van der Waals surface area contributed by atoms with Crippen molar-refractivity contribution in [2.24, 2.45) is 0 Å². The van der Waals surface area contributed by atoms with E-state index in [9.17, 15) is 17.6 Å². The van der Waals surface area contributed by atoms with Gasteiger partial charge in [-0.3, -0.25) is 14.6 Å². The Labute approximate surface area is 196 Å². The first-order valence-electron chi connectivity index (χ1n) is 10.9. The summed E-state index contributed by atoms with van der Waals surface area (Å²) in [4.78, 5) is 21.8. The number of halogens is 1. The molecule has 0 bridgehead atoms. The van der Waals surface area contributed by atoms with Crippen LogP contribution in [-0.4, -0.2) is 69.4 Å². The lowest BCUT2D eigenvalue weighted by Crippen LogP contribution is -2.39. The molecule has 176 valence electrons. The van der Waals surface area contributed by atoms with Crippen LogP contribution in [0, 0.1) is 5.82 Å². The molecule has 2 heterocycles. The maximum absolute atomic E-state index is 14.3. The lowest BCUT2D eigenvalue weighted by atomic mass is 10.2. The molecule has 1 amide bonds. The number of hydrogen-bond acceptors (Lipinski definition) is 7. The zero-order valence-electron chi connectivity index (χ0n) is 18.4. The number of aromatic nitrogens is 1. The molecule has 1 aliphatic rings. The zero-order chi connectivity index (χ0) is 23.4. The third-order valence-corrected chi connectivity index (χ3v) is 8.46. The van der Waals surface area contributed by atoms with Crippen LogP contribution < -0.4 is 4.90 Å². The number of sulfone groups is 1. The molecule has 1 aliphatic heterocycles. The summed E-state index contributed by atoms with van der Waals surface area (Å²) in [6.07, 6.45) is 0.660. The van der Waals surface area contributed by atoms with Crippen LogP contribution in [-0.2, 0) is 14.6 Å². The van der Waals surface area contributed by atoms with Gasteiger partial charge in [0.1, 0.15) is 11.3 Å². The Kier molecular flexibility index (Phi) is 7.38. The summed E-state index contributed by atoms with van der Waals surface area (Å²) in [5.74, 6) is -1.02. The predicted molar refractivity (Wildman–Crippen MR) is 127 cm³/mol. The number of hydrogen-bond donors (Lipinski definition) is 0. The van der Waals surface area contributed by atoms with E-state index in [1.807, 2.05) is 0 Å². The fourth-order valence-corrected chi connectivity index (χ4v) is 5.89. The highest BCUT2D eigenvalue weighted by molar-refractivity contribution is 7.91. The molecule has 7 nitrogen and oxygen atoms in total. The smallest absolute Gasteiger partial charge is 0.261 e. The first kappa shape index (κ1) is 23.7. The van der Waals surface area contributed by atoms with Crippen LogP contribution in [0.2, 0.25) is 0 Å². The topological polar surface area (TPSA) is 79.8 Å². The molecule has 0 spiro atoms. The number of para-hydroxylation sites is 1. The molecule has 0 unspecified atom stereocenters. The standard InChI is InChI=1S/C23H26FN3O4S2/c1-2-33(29,30)20-10-4-3-7-17(20)22(28)27(12-6-11-26-13-15-31-16-14-26)23-25-21-18(24)8-5-9-19(21)32-23/h3-5,7-10H,2,6,11-16H2,1H3. The van der Waals surface area contributed by atoms with E-state index in [-0.39, 0.29) is 21.7 Å². The number of benzene rings is 2. The summed E-state index contributed by atoms with van der Waals surface area (Å²) >= 11 is 1.22. The minimum atomic E-state index is -3.61. The quantitative estimate of drug-likeness (QED) is 0.479. The Bertz CT molecular complexity index is 1240. The van der Waals surface area contributed by atoms with Gasteiger partial charge in [0.25, 0.3) is 5.91 Å². The lowest BCUT2D eigenvalue weighted by molar-refractivity contribution is 0.0376. The molecular weight excluding hydrogens is 465 g/mol. The van der Waals surface area contributed by atoms with Gasteiger partial charge in [-0.1, -0.05) is 36.5 Å². The van der Waals surface area contributed by atoms with Crippen molar-refractivity contribution < 1.29 is 22.3 Å². The number of ether oxygens (including phenoxy) is 1.